The molecule has 2 rings (SSSR count). The fraction of sp³-hybridized carbons (Fsp3) is 0.583. The van der Waals surface area contributed by atoms with Gasteiger partial charge < -0.3 is 10.6 Å². The third-order valence-electron chi connectivity index (χ3n) is 2.76. The first-order chi connectivity index (χ1) is 8.08. The molecule has 3 N–H and O–H groups in total. The van der Waals surface area contributed by atoms with E-state index in [1.807, 2.05) is 0 Å². The maximum absolute atomic E-state index is 7.28. The number of nitrogens with zero attached hydrogens (tertiary/aromatic N) is 3. The summed E-state index contributed by atoms with van der Waals surface area (Å²) in [5, 5.41) is 7.28. The Balaban J connectivity index is 2.15. The Morgan fingerprint density at radius 2 is 2.18 bits per heavy atom. The Labute approximate surface area is 102 Å². The van der Waals surface area contributed by atoms with Gasteiger partial charge in [-0.25, -0.2) is 9.97 Å². The Hall–Kier alpha value is -1.65. The SMILES string of the molecule is CC(C)CN(c1cnc(C(=N)N)cn1)C1CC1. The van der Waals surface area contributed by atoms with E-state index in [1.165, 1.54) is 12.8 Å². The van der Waals surface area contributed by atoms with Gasteiger partial charge in [0.15, 0.2) is 0 Å². The first kappa shape index (κ1) is 11.8. The average molecular weight is 233 g/mol. The van der Waals surface area contributed by atoms with E-state index < -0.39 is 0 Å². The maximum Gasteiger partial charge on any atom is 0.147 e. The van der Waals surface area contributed by atoms with E-state index in [9.17, 15) is 0 Å². The van der Waals surface area contributed by atoms with E-state index >= 15 is 0 Å². The van der Waals surface area contributed by atoms with Gasteiger partial charge in [-0.3, -0.25) is 5.41 Å². The van der Waals surface area contributed by atoms with Gasteiger partial charge in [0.2, 0.25) is 0 Å². The Bertz CT molecular complexity index is 394. The fourth-order valence-electron chi connectivity index (χ4n) is 1.82. The van der Waals surface area contributed by atoms with Crippen LogP contribution in [0.15, 0.2) is 12.4 Å². The third-order valence-corrected chi connectivity index (χ3v) is 2.76. The number of aromatic nitrogens is 2. The van der Waals surface area contributed by atoms with Crippen LogP contribution in [0.25, 0.3) is 0 Å². The van der Waals surface area contributed by atoms with Crippen LogP contribution in [-0.2, 0) is 0 Å². The van der Waals surface area contributed by atoms with Crippen molar-refractivity contribution in [3.05, 3.63) is 18.1 Å². The molecule has 1 fully saturated rings. The second-order valence-corrected chi connectivity index (χ2v) is 4.95. The normalized spacial score (nSPS) is 15.0. The summed E-state index contributed by atoms with van der Waals surface area (Å²) in [7, 11) is 0. The molecule has 0 amide bonds. The highest BCUT2D eigenvalue weighted by atomic mass is 15.2. The molecule has 1 heterocycles. The van der Waals surface area contributed by atoms with Crippen LogP contribution in [0.5, 0.6) is 0 Å². The molecular weight excluding hydrogens is 214 g/mol. The Morgan fingerprint density at radius 1 is 1.47 bits per heavy atom. The summed E-state index contributed by atoms with van der Waals surface area (Å²) in [6.45, 7) is 5.40. The molecule has 5 heteroatoms. The van der Waals surface area contributed by atoms with Crippen molar-refractivity contribution in [2.24, 2.45) is 11.7 Å². The van der Waals surface area contributed by atoms with Crippen LogP contribution >= 0.6 is 0 Å². The topological polar surface area (TPSA) is 78.9 Å². The molecule has 0 aliphatic heterocycles. The van der Waals surface area contributed by atoms with E-state index in [1.54, 1.807) is 12.4 Å². The van der Waals surface area contributed by atoms with Crippen molar-refractivity contribution in [1.29, 1.82) is 5.41 Å². The number of amidine groups is 1. The van der Waals surface area contributed by atoms with Gasteiger partial charge in [0.05, 0.1) is 12.4 Å². The maximum atomic E-state index is 7.28. The first-order valence-corrected chi connectivity index (χ1v) is 6.01. The molecule has 0 atom stereocenters. The van der Waals surface area contributed by atoms with Crippen molar-refractivity contribution < 1.29 is 0 Å². The first-order valence-electron chi connectivity index (χ1n) is 6.01. The van der Waals surface area contributed by atoms with Crippen LogP contribution in [0.1, 0.15) is 32.4 Å². The van der Waals surface area contributed by atoms with Gasteiger partial charge in [0.25, 0.3) is 0 Å². The zero-order valence-electron chi connectivity index (χ0n) is 10.3. The molecule has 5 nitrogen and oxygen atoms in total. The number of nitrogens with two attached hydrogens (primary N) is 1. The molecule has 0 saturated heterocycles. The number of rotatable bonds is 5. The lowest BCUT2D eigenvalue weighted by molar-refractivity contribution is 0.602. The van der Waals surface area contributed by atoms with Crippen molar-refractivity contribution >= 4 is 11.7 Å². The van der Waals surface area contributed by atoms with Gasteiger partial charge in [-0.2, -0.15) is 0 Å². The van der Waals surface area contributed by atoms with Gasteiger partial charge in [-0.05, 0) is 18.8 Å². The molecule has 92 valence electrons. The molecular formula is C12H19N5. The van der Waals surface area contributed by atoms with Gasteiger partial charge in [-0.1, -0.05) is 13.8 Å². The quantitative estimate of drug-likeness (QED) is 0.595. The minimum Gasteiger partial charge on any atom is -0.382 e. The van der Waals surface area contributed by atoms with E-state index in [0.717, 1.165) is 12.4 Å². The van der Waals surface area contributed by atoms with Gasteiger partial charge in [0.1, 0.15) is 17.3 Å². The minimum atomic E-state index is -0.0362. The van der Waals surface area contributed by atoms with E-state index in [2.05, 4.69) is 28.7 Å². The van der Waals surface area contributed by atoms with Crippen LogP contribution in [0, 0.1) is 11.3 Å². The second kappa shape index (κ2) is 4.69. The summed E-state index contributed by atoms with van der Waals surface area (Å²) < 4.78 is 0. The summed E-state index contributed by atoms with van der Waals surface area (Å²) in [6.07, 6.45) is 5.77. The van der Waals surface area contributed by atoms with Crippen LogP contribution in [-0.4, -0.2) is 28.4 Å². The molecule has 1 aromatic rings. The van der Waals surface area contributed by atoms with Crippen molar-refractivity contribution in [2.45, 2.75) is 32.7 Å². The summed E-state index contributed by atoms with van der Waals surface area (Å²) >= 11 is 0. The molecule has 0 unspecified atom stereocenters. The molecule has 1 saturated carbocycles. The standard InChI is InChI=1S/C12H19N5/c1-8(2)7-17(9-3-4-9)11-6-15-10(5-16-11)12(13)14/h5-6,8-9H,3-4,7H2,1-2H3,(H3,13,14). The zero-order chi connectivity index (χ0) is 12.4. The number of hydrogen-bond acceptors (Lipinski definition) is 4. The number of hydrogen-bond donors (Lipinski definition) is 2. The predicted octanol–water partition coefficient (Wildman–Crippen LogP) is 1.39. The molecule has 1 aliphatic rings. The van der Waals surface area contributed by atoms with E-state index in [4.69, 9.17) is 11.1 Å². The van der Waals surface area contributed by atoms with E-state index in [0.29, 0.717) is 17.7 Å². The summed E-state index contributed by atoms with van der Waals surface area (Å²) in [6, 6.07) is 0.620. The highest BCUT2D eigenvalue weighted by Gasteiger charge is 2.30. The summed E-state index contributed by atoms with van der Waals surface area (Å²) in [5.74, 6) is 1.46. The second-order valence-electron chi connectivity index (χ2n) is 4.95. The van der Waals surface area contributed by atoms with Gasteiger partial charge >= 0.3 is 0 Å². The molecule has 0 radical (unpaired) electrons. The van der Waals surface area contributed by atoms with Crippen LogP contribution in [0.2, 0.25) is 0 Å². The summed E-state index contributed by atoms with van der Waals surface area (Å²) in [4.78, 5) is 10.8. The van der Waals surface area contributed by atoms with Crippen molar-refractivity contribution in [3.63, 3.8) is 0 Å². The molecule has 1 aliphatic carbocycles. The van der Waals surface area contributed by atoms with Crippen molar-refractivity contribution in [1.82, 2.24) is 9.97 Å². The lowest BCUT2D eigenvalue weighted by Crippen LogP contribution is -2.31. The molecule has 0 aromatic carbocycles. The molecule has 0 bridgehead atoms. The Kier molecular flexibility index (Phi) is 3.26. The molecule has 0 spiro atoms. The zero-order valence-corrected chi connectivity index (χ0v) is 10.3. The van der Waals surface area contributed by atoms with Crippen molar-refractivity contribution in [3.8, 4) is 0 Å². The van der Waals surface area contributed by atoms with Crippen molar-refractivity contribution in [2.75, 3.05) is 11.4 Å². The average Bonchev–Trinajstić information content (AvgIpc) is 3.09. The third kappa shape index (κ3) is 2.93. The lowest BCUT2D eigenvalue weighted by Gasteiger charge is -2.25. The van der Waals surface area contributed by atoms with Crippen LogP contribution in [0.3, 0.4) is 0 Å². The molecule has 1 aromatic heterocycles. The largest absolute Gasteiger partial charge is 0.382 e. The van der Waals surface area contributed by atoms with E-state index in [-0.39, 0.29) is 5.84 Å². The predicted molar refractivity (Wildman–Crippen MR) is 68.3 cm³/mol. The lowest BCUT2D eigenvalue weighted by atomic mass is 10.2. The monoisotopic (exact) mass is 233 g/mol. The van der Waals surface area contributed by atoms with Crippen LogP contribution < -0.4 is 10.6 Å². The fourth-order valence-corrected chi connectivity index (χ4v) is 1.82. The smallest absolute Gasteiger partial charge is 0.147 e. The highest BCUT2D eigenvalue weighted by Crippen LogP contribution is 2.30. The highest BCUT2D eigenvalue weighted by molar-refractivity contribution is 5.92. The number of nitrogens with one attached hydrogen (secondary N) is 1. The summed E-state index contributed by atoms with van der Waals surface area (Å²) in [5.41, 5.74) is 5.80. The van der Waals surface area contributed by atoms with Gasteiger partial charge in [0, 0.05) is 12.6 Å². The number of anilines is 1. The molecule has 17 heavy (non-hydrogen) atoms. The Morgan fingerprint density at radius 3 is 2.59 bits per heavy atom. The van der Waals surface area contributed by atoms with Crippen LogP contribution in [0.4, 0.5) is 5.82 Å². The van der Waals surface area contributed by atoms with Gasteiger partial charge in [-0.15, -0.1) is 0 Å². The minimum absolute atomic E-state index is 0.0362. The number of nitrogen functional groups attached to an aromatic ring is 1.